The number of anilines is 1. The standard InChI is InChI=1S/C10H10BNO2/c12-9-6-2-4-7-3-1-5-8(10(7)9)11(13)14/h1-6,13-14H,12H2. The highest BCUT2D eigenvalue weighted by molar-refractivity contribution is 6.62. The van der Waals surface area contributed by atoms with E-state index in [0.29, 0.717) is 16.5 Å². The van der Waals surface area contributed by atoms with Gasteiger partial charge in [-0.2, -0.15) is 0 Å². The molecule has 0 unspecified atom stereocenters. The van der Waals surface area contributed by atoms with E-state index in [1.165, 1.54) is 0 Å². The fraction of sp³-hybridized carbons (Fsp3) is 0. The molecule has 3 nitrogen and oxygen atoms in total. The van der Waals surface area contributed by atoms with Crippen LogP contribution >= 0.6 is 0 Å². The van der Waals surface area contributed by atoms with Crippen molar-refractivity contribution in [3.63, 3.8) is 0 Å². The molecule has 0 spiro atoms. The monoisotopic (exact) mass is 187 g/mol. The molecule has 0 heterocycles. The number of nitrogen functional groups attached to an aromatic ring is 1. The van der Waals surface area contributed by atoms with Gasteiger partial charge in [-0.25, -0.2) is 0 Å². The van der Waals surface area contributed by atoms with E-state index in [1.807, 2.05) is 18.2 Å². The van der Waals surface area contributed by atoms with Crippen LogP contribution in [-0.2, 0) is 0 Å². The lowest BCUT2D eigenvalue weighted by atomic mass is 9.77. The molecule has 0 atom stereocenters. The molecule has 70 valence electrons. The Balaban J connectivity index is 2.84. The summed E-state index contributed by atoms with van der Waals surface area (Å²) < 4.78 is 0. The van der Waals surface area contributed by atoms with Crippen molar-refractivity contribution in [3.05, 3.63) is 36.4 Å². The minimum absolute atomic E-state index is 0.445. The summed E-state index contributed by atoms with van der Waals surface area (Å²) in [6, 6.07) is 10.8. The number of benzene rings is 2. The van der Waals surface area contributed by atoms with Crippen LogP contribution in [0.1, 0.15) is 0 Å². The first-order valence-corrected chi connectivity index (χ1v) is 4.33. The van der Waals surface area contributed by atoms with Crippen molar-refractivity contribution in [2.24, 2.45) is 0 Å². The lowest BCUT2D eigenvalue weighted by molar-refractivity contribution is 0.426. The molecule has 0 saturated heterocycles. The quantitative estimate of drug-likeness (QED) is 0.438. The van der Waals surface area contributed by atoms with Crippen LogP contribution in [0.25, 0.3) is 10.8 Å². The molecule has 14 heavy (non-hydrogen) atoms. The summed E-state index contributed by atoms with van der Waals surface area (Å²) in [4.78, 5) is 0. The summed E-state index contributed by atoms with van der Waals surface area (Å²) in [6.45, 7) is 0. The van der Waals surface area contributed by atoms with Gasteiger partial charge in [-0.1, -0.05) is 30.3 Å². The zero-order valence-corrected chi connectivity index (χ0v) is 7.51. The largest absolute Gasteiger partial charge is 0.489 e. The normalized spacial score (nSPS) is 10.4. The van der Waals surface area contributed by atoms with Crippen LogP contribution in [0.15, 0.2) is 36.4 Å². The summed E-state index contributed by atoms with van der Waals surface area (Å²) in [6.07, 6.45) is 0. The fourth-order valence-electron chi connectivity index (χ4n) is 1.61. The summed E-state index contributed by atoms with van der Waals surface area (Å²) in [7, 11) is -1.48. The van der Waals surface area contributed by atoms with Crippen LogP contribution in [0.5, 0.6) is 0 Å². The Morgan fingerprint density at radius 2 is 1.64 bits per heavy atom. The third-order valence-electron chi connectivity index (χ3n) is 2.25. The second-order valence-corrected chi connectivity index (χ2v) is 3.17. The van der Waals surface area contributed by atoms with Gasteiger partial charge in [-0.15, -0.1) is 0 Å². The summed E-state index contributed by atoms with van der Waals surface area (Å²) in [5.74, 6) is 0. The Kier molecular flexibility index (Phi) is 2.15. The molecule has 4 N–H and O–H groups in total. The molecule has 0 fully saturated rings. The van der Waals surface area contributed by atoms with Crippen molar-refractivity contribution < 1.29 is 10.0 Å². The molecule has 0 aliphatic heterocycles. The van der Waals surface area contributed by atoms with Crippen molar-refractivity contribution in [1.82, 2.24) is 0 Å². The van der Waals surface area contributed by atoms with Crippen LogP contribution in [0.4, 0.5) is 5.69 Å². The average molecular weight is 187 g/mol. The third kappa shape index (κ3) is 1.34. The first-order chi connectivity index (χ1) is 6.70. The second-order valence-electron chi connectivity index (χ2n) is 3.17. The summed E-state index contributed by atoms with van der Waals surface area (Å²) in [5, 5.41) is 19.9. The molecular weight excluding hydrogens is 177 g/mol. The predicted octanol–water partition coefficient (Wildman–Crippen LogP) is 0.102. The van der Waals surface area contributed by atoms with Crippen molar-refractivity contribution in [2.75, 3.05) is 5.73 Å². The lowest BCUT2D eigenvalue weighted by Gasteiger charge is -2.07. The van der Waals surface area contributed by atoms with E-state index in [1.54, 1.807) is 18.2 Å². The predicted molar refractivity (Wildman–Crippen MR) is 58.2 cm³/mol. The first kappa shape index (κ1) is 9.06. The van der Waals surface area contributed by atoms with Gasteiger partial charge < -0.3 is 15.8 Å². The highest BCUT2D eigenvalue weighted by Gasteiger charge is 2.15. The Labute approximate surface area is 81.9 Å². The van der Waals surface area contributed by atoms with Crippen molar-refractivity contribution in [1.29, 1.82) is 0 Å². The molecule has 0 aliphatic carbocycles. The van der Waals surface area contributed by atoms with Crippen molar-refractivity contribution in [3.8, 4) is 0 Å². The van der Waals surface area contributed by atoms with E-state index in [4.69, 9.17) is 15.8 Å². The smallest absolute Gasteiger partial charge is 0.423 e. The first-order valence-electron chi connectivity index (χ1n) is 4.33. The Hall–Kier alpha value is -1.52. The highest BCUT2D eigenvalue weighted by Crippen LogP contribution is 2.18. The minimum atomic E-state index is -1.48. The summed E-state index contributed by atoms with van der Waals surface area (Å²) in [5.41, 5.74) is 6.78. The van der Waals surface area contributed by atoms with E-state index in [0.717, 1.165) is 5.39 Å². The van der Waals surface area contributed by atoms with Gasteiger partial charge in [0.15, 0.2) is 0 Å². The Bertz CT molecular complexity index is 465. The van der Waals surface area contributed by atoms with Crippen LogP contribution in [0, 0.1) is 0 Å². The molecule has 0 bridgehead atoms. The van der Waals surface area contributed by atoms with Crippen LogP contribution < -0.4 is 11.2 Å². The van der Waals surface area contributed by atoms with Crippen LogP contribution in [0.2, 0.25) is 0 Å². The number of hydrogen-bond donors (Lipinski definition) is 3. The maximum Gasteiger partial charge on any atom is 0.489 e. The molecule has 0 aromatic heterocycles. The van der Waals surface area contributed by atoms with E-state index in [-0.39, 0.29) is 0 Å². The molecule has 2 aromatic carbocycles. The van der Waals surface area contributed by atoms with Gasteiger partial charge in [0.05, 0.1) is 0 Å². The zero-order valence-electron chi connectivity index (χ0n) is 7.51. The van der Waals surface area contributed by atoms with Gasteiger partial charge in [0, 0.05) is 11.1 Å². The number of rotatable bonds is 1. The maximum atomic E-state index is 9.15. The van der Waals surface area contributed by atoms with Gasteiger partial charge in [-0.05, 0) is 16.9 Å². The van der Waals surface area contributed by atoms with E-state index >= 15 is 0 Å². The molecular formula is C10H10BNO2. The van der Waals surface area contributed by atoms with Gasteiger partial charge in [0.25, 0.3) is 0 Å². The molecule has 2 rings (SSSR count). The Morgan fingerprint density at radius 3 is 2.29 bits per heavy atom. The molecule has 0 saturated carbocycles. The molecule has 4 heteroatoms. The van der Waals surface area contributed by atoms with Gasteiger partial charge in [-0.3, -0.25) is 0 Å². The molecule has 0 amide bonds. The number of nitrogens with two attached hydrogens (primary N) is 1. The van der Waals surface area contributed by atoms with E-state index in [2.05, 4.69) is 0 Å². The zero-order chi connectivity index (χ0) is 10.1. The molecule has 0 radical (unpaired) electrons. The van der Waals surface area contributed by atoms with Gasteiger partial charge in [0.2, 0.25) is 0 Å². The Morgan fingerprint density at radius 1 is 1.00 bits per heavy atom. The molecule has 2 aromatic rings. The van der Waals surface area contributed by atoms with Gasteiger partial charge >= 0.3 is 7.12 Å². The maximum absolute atomic E-state index is 9.15. The summed E-state index contributed by atoms with van der Waals surface area (Å²) >= 11 is 0. The van der Waals surface area contributed by atoms with Crippen LogP contribution in [-0.4, -0.2) is 17.2 Å². The minimum Gasteiger partial charge on any atom is -0.423 e. The van der Waals surface area contributed by atoms with Crippen molar-refractivity contribution in [2.45, 2.75) is 0 Å². The number of hydrogen-bond acceptors (Lipinski definition) is 3. The van der Waals surface area contributed by atoms with Gasteiger partial charge in [0.1, 0.15) is 0 Å². The van der Waals surface area contributed by atoms with E-state index in [9.17, 15) is 0 Å². The highest BCUT2D eigenvalue weighted by atomic mass is 16.4. The average Bonchev–Trinajstić information content (AvgIpc) is 2.17. The second kappa shape index (κ2) is 3.33. The van der Waals surface area contributed by atoms with Crippen molar-refractivity contribution >= 4 is 29.0 Å². The number of fused-ring (bicyclic) bond motifs is 1. The topological polar surface area (TPSA) is 66.5 Å². The fourth-order valence-corrected chi connectivity index (χ4v) is 1.61. The van der Waals surface area contributed by atoms with Crippen LogP contribution in [0.3, 0.4) is 0 Å². The lowest BCUT2D eigenvalue weighted by Crippen LogP contribution is -2.30. The molecule has 0 aliphatic rings. The van der Waals surface area contributed by atoms with E-state index < -0.39 is 7.12 Å². The third-order valence-corrected chi connectivity index (χ3v) is 2.25. The SMILES string of the molecule is Nc1cccc2cccc(B(O)O)c12.